The average molecular weight is 429 g/mol. The lowest BCUT2D eigenvalue weighted by Crippen LogP contribution is -2.37. The summed E-state index contributed by atoms with van der Waals surface area (Å²) in [6.07, 6.45) is 18.9. The van der Waals surface area contributed by atoms with Crippen molar-refractivity contribution < 1.29 is 24.2 Å². The minimum absolute atomic E-state index is 0.276. The molecule has 0 saturated carbocycles. The van der Waals surface area contributed by atoms with Crippen LogP contribution < -0.4 is 0 Å². The molecule has 5 heteroatoms. The molecule has 0 spiro atoms. The quantitative estimate of drug-likeness (QED) is 0.167. The van der Waals surface area contributed by atoms with Crippen molar-refractivity contribution >= 4 is 11.9 Å². The third-order valence-electron chi connectivity index (χ3n) is 5.58. The molecule has 0 aliphatic heterocycles. The van der Waals surface area contributed by atoms with Gasteiger partial charge in [-0.2, -0.15) is 0 Å². The Labute approximate surface area is 185 Å². The molecule has 0 heterocycles. The van der Waals surface area contributed by atoms with Gasteiger partial charge in [0, 0.05) is 13.3 Å². The van der Waals surface area contributed by atoms with Gasteiger partial charge >= 0.3 is 11.9 Å². The van der Waals surface area contributed by atoms with Crippen LogP contribution in [0, 0.1) is 0 Å². The first-order valence-electron chi connectivity index (χ1n) is 12.5. The highest BCUT2D eigenvalue weighted by molar-refractivity contribution is 5.69. The second kappa shape index (κ2) is 21.1. The summed E-state index contributed by atoms with van der Waals surface area (Å²) in [5, 5.41) is 9.34. The van der Waals surface area contributed by atoms with Crippen molar-refractivity contribution in [1.82, 2.24) is 0 Å². The molecule has 1 N–H and O–H groups in total. The van der Waals surface area contributed by atoms with Crippen molar-refractivity contribution in [3.8, 4) is 0 Å². The minimum Gasteiger partial charge on any atom is -0.458 e. The van der Waals surface area contributed by atoms with E-state index in [9.17, 15) is 14.7 Å². The summed E-state index contributed by atoms with van der Waals surface area (Å²) in [5.74, 6) is -0.756. The fraction of sp³-hybridized carbons (Fsp3) is 0.920. The normalized spacial score (nSPS) is 13.1. The number of carbonyl (C=O) groups is 2. The van der Waals surface area contributed by atoms with Crippen LogP contribution in [0.2, 0.25) is 0 Å². The summed E-state index contributed by atoms with van der Waals surface area (Å²) in [5.41, 5.74) is 0. The molecule has 2 atom stereocenters. The SMILES string of the molecule is CCCCCCCCCCCCCCCCCC(=O)OC(CC)C(CO)OC(C)=O. The molecule has 0 amide bonds. The molecule has 0 bridgehead atoms. The molecule has 0 aromatic rings. The van der Waals surface area contributed by atoms with Crippen LogP contribution in [0.5, 0.6) is 0 Å². The number of esters is 2. The highest BCUT2D eigenvalue weighted by atomic mass is 16.6. The first kappa shape index (κ1) is 28.9. The van der Waals surface area contributed by atoms with E-state index in [1.807, 2.05) is 6.92 Å². The van der Waals surface area contributed by atoms with E-state index in [1.54, 1.807) is 0 Å². The molecule has 2 unspecified atom stereocenters. The Balaban J connectivity index is 3.54. The second-order valence-electron chi connectivity index (χ2n) is 8.47. The molecule has 0 saturated heterocycles. The highest BCUT2D eigenvalue weighted by Gasteiger charge is 2.25. The monoisotopic (exact) mass is 428 g/mol. The molecule has 30 heavy (non-hydrogen) atoms. The Bertz CT molecular complexity index is 410. The van der Waals surface area contributed by atoms with Gasteiger partial charge in [0.2, 0.25) is 0 Å². The summed E-state index contributed by atoms with van der Waals surface area (Å²) in [6, 6.07) is 0. The Morgan fingerprint density at radius 2 is 1.10 bits per heavy atom. The molecule has 0 rings (SSSR count). The van der Waals surface area contributed by atoms with Crippen LogP contribution in [-0.2, 0) is 19.1 Å². The van der Waals surface area contributed by atoms with Crippen molar-refractivity contribution in [2.45, 2.75) is 142 Å². The third-order valence-corrected chi connectivity index (χ3v) is 5.58. The maximum atomic E-state index is 12.0. The molecular weight excluding hydrogens is 380 g/mol. The van der Waals surface area contributed by atoms with Crippen LogP contribution in [0.15, 0.2) is 0 Å². The molecule has 5 nitrogen and oxygen atoms in total. The van der Waals surface area contributed by atoms with E-state index in [0.29, 0.717) is 12.8 Å². The number of unbranched alkanes of at least 4 members (excludes halogenated alkanes) is 14. The molecule has 0 aromatic carbocycles. The first-order valence-corrected chi connectivity index (χ1v) is 12.5. The van der Waals surface area contributed by atoms with Crippen LogP contribution in [0.4, 0.5) is 0 Å². The Kier molecular flexibility index (Phi) is 20.4. The lowest BCUT2D eigenvalue weighted by molar-refractivity contribution is -0.170. The number of aliphatic hydroxyl groups is 1. The summed E-state index contributed by atoms with van der Waals surface area (Å²) in [7, 11) is 0. The van der Waals surface area contributed by atoms with Gasteiger partial charge in [-0.1, -0.05) is 104 Å². The van der Waals surface area contributed by atoms with Crippen molar-refractivity contribution in [2.24, 2.45) is 0 Å². The van der Waals surface area contributed by atoms with Gasteiger partial charge in [-0.3, -0.25) is 9.59 Å². The number of hydrogen-bond donors (Lipinski definition) is 1. The van der Waals surface area contributed by atoms with Crippen LogP contribution in [0.25, 0.3) is 0 Å². The number of rotatable bonds is 21. The topological polar surface area (TPSA) is 72.8 Å². The lowest BCUT2D eigenvalue weighted by Gasteiger charge is -2.24. The van der Waals surface area contributed by atoms with E-state index >= 15 is 0 Å². The van der Waals surface area contributed by atoms with Gasteiger partial charge in [-0.05, 0) is 12.8 Å². The Morgan fingerprint density at radius 3 is 1.47 bits per heavy atom. The lowest BCUT2D eigenvalue weighted by atomic mass is 10.0. The van der Waals surface area contributed by atoms with Crippen LogP contribution >= 0.6 is 0 Å². The average Bonchev–Trinajstić information content (AvgIpc) is 2.73. The molecule has 0 fully saturated rings. The van der Waals surface area contributed by atoms with Gasteiger partial charge < -0.3 is 14.6 Å². The zero-order valence-electron chi connectivity index (χ0n) is 20.0. The Hall–Kier alpha value is -1.10. The van der Waals surface area contributed by atoms with Gasteiger partial charge in [0.15, 0.2) is 6.10 Å². The van der Waals surface area contributed by atoms with Crippen molar-refractivity contribution in [3.63, 3.8) is 0 Å². The maximum absolute atomic E-state index is 12.0. The van der Waals surface area contributed by atoms with Gasteiger partial charge in [0.1, 0.15) is 6.10 Å². The van der Waals surface area contributed by atoms with Gasteiger partial charge in [0.25, 0.3) is 0 Å². The largest absolute Gasteiger partial charge is 0.458 e. The summed E-state index contributed by atoms with van der Waals surface area (Å²) in [6.45, 7) is 5.05. The smallest absolute Gasteiger partial charge is 0.306 e. The number of carbonyl (C=O) groups excluding carboxylic acids is 2. The fourth-order valence-corrected chi connectivity index (χ4v) is 3.73. The van der Waals surface area contributed by atoms with Crippen LogP contribution in [0.1, 0.15) is 130 Å². The van der Waals surface area contributed by atoms with Crippen LogP contribution in [0.3, 0.4) is 0 Å². The predicted molar refractivity (Wildman–Crippen MR) is 122 cm³/mol. The number of hydrogen-bond acceptors (Lipinski definition) is 5. The third kappa shape index (κ3) is 17.7. The van der Waals surface area contributed by atoms with E-state index in [2.05, 4.69) is 6.92 Å². The van der Waals surface area contributed by atoms with Crippen LogP contribution in [-0.4, -0.2) is 35.9 Å². The number of aliphatic hydroxyl groups excluding tert-OH is 1. The maximum Gasteiger partial charge on any atom is 0.306 e. The van der Waals surface area contributed by atoms with Crippen molar-refractivity contribution in [3.05, 3.63) is 0 Å². The predicted octanol–water partition coefficient (Wildman–Crippen LogP) is 6.49. The van der Waals surface area contributed by atoms with Crippen molar-refractivity contribution in [2.75, 3.05) is 6.61 Å². The summed E-state index contributed by atoms with van der Waals surface area (Å²) >= 11 is 0. The van der Waals surface area contributed by atoms with E-state index in [-0.39, 0.29) is 12.6 Å². The minimum atomic E-state index is -0.780. The standard InChI is InChI=1S/C25H48O5/c1-4-6-7-8-9-10-11-12-13-14-15-16-17-18-19-20-25(28)30-23(5-2)24(21-26)29-22(3)27/h23-24,26H,4-21H2,1-3H3. The van der Waals surface area contributed by atoms with E-state index in [4.69, 9.17) is 9.47 Å². The molecule has 178 valence electrons. The first-order chi connectivity index (χ1) is 14.5. The van der Waals surface area contributed by atoms with Crippen molar-refractivity contribution in [1.29, 1.82) is 0 Å². The molecule has 0 aliphatic carbocycles. The molecule has 0 aliphatic rings. The van der Waals surface area contributed by atoms with E-state index in [1.165, 1.54) is 84.0 Å². The summed E-state index contributed by atoms with van der Waals surface area (Å²) < 4.78 is 10.4. The van der Waals surface area contributed by atoms with Gasteiger partial charge in [-0.25, -0.2) is 0 Å². The second-order valence-corrected chi connectivity index (χ2v) is 8.47. The fourth-order valence-electron chi connectivity index (χ4n) is 3.73. The van der Waals surface area contributed by atoms with E-state index < -0.39 is 18.2 Å². The summed E-state index contributed by atoms with van der Waals surface area (Å²) in [4.78, 5) is 23.1. The molecular formula is C25H48O5. The zero-order chi connectivity index (χ0) is 22.5. The van der Waals surface area contributed by atoms with E-state index in [0.717, 1.165) is 19.3 Å². The number of ether oxygens (including phenoxy) is 2. The van der Waals surface area contributed by atoms with Gasteiger partial charge in [-0.15, -0.1) is 0 Å². The molecule has 0 radical (unpaired) electrons. The Morgan fingerprint density at radius 1 is 0.667 bits per heavy atom. The van der Waals surface area contributed by atoms with Gasteiger partial charge in [0.05, 0.1) is 6.61 Å². The molecule has 0 aromatic heterocycles. The zero-order valence-corrected chi connectivity index (χ0v) is 20.0. The highest BCUT2D eigenvalue weighted by Crippen LogP contribution is 2.15.